The van der Waals surface area contributed by atoms with Gasteiger partial charge in [-0.25, -0.2) is 4.39 Å². The fourth-order valence-electron chi connectivity index (χ4n) is 4.16. The van der Waals surface area contributed by atoms with Crippen LogP contribution in [0.1, 0.15) is 30.9 Å². The van der Waals surface area contributed by atoms with Crippen LogP contribution in [0.25, 0.3) is 0 Å². The third kappa shape index (κ3) is 6.54. The van der Waals surface area contributed by atoms with Crippen molar-refractivity contribution in [3.63, 3.8) is 0 Å². The number of methoxy groups -OCH3 is 1. The van der Waals surface area contributed by atoms with Crippen molar-refractivity contribution in [1.29, 1.82) is 0 Å². The highest BCUT2D eigenvalue weighted by Crippen LogP contribution is 2.17. The summed E-state index contributed by atoms with van der Waals surface area (Å²) in [4.78, 5) is 15.3. The topological polar surface area (TPSA) is 47.2 Å². The van der Waals surface area contributed by atoms with Crippen LogP contribution in [0.4, 0.5) is 4.39 Å². The molecule has 1 saturated heterocycles. The molecule has 1 fully saturated rings. The lowest BCUT2D eigenvalue weighted by Crippen LogP contribution is -3.12. The number of hydrogen-bond donors (Lipinski definition) is 3. The molecule has 1 aliphatic heterocycles. The van der Waals surface area contributed by atoms with Crippen LogP contribution in [-0.4, -0.2) is 45.2 Å². The molecule has 3 N–H and O–H groups in total. The summed E-state index contributed by atoms with van der Waals surface area (Å²) in [6.07, 6.45) is 2.03. The molecule has 1 aliphatic rings. The first-order valence-electron chi connectivity index (χ1n) is 10.9. The van der Waals surface area contributed by atoms with Crippen molar-refractivity contribution in [2.24, 2.45) is 0 Å². The fourth-order valence-corrected chi connectivity index (χ4v) is 4.16. The van der Waals surface area contributed by atoms with Crippen molar-refractivity contribution in [1.82, 2.24) is 5.32 Å². The second-order valence-corrected chi connectivity index (χ2v) is 8.18. The lowest BCUT2D eigenvalue weighted by Gasteiger charge is -2.30. The molecule has 1 heterocycles. The number of ether oxygens (including phenoxy) is 1. The van der Waals surface area contributed by atoms with E-state index in [1.54, 1.807) is 11.0 Å². The number of nitrogens with one attached hydrogen (secondary N) is 3. The monoisotopic (exact) mass is 415 g/mol. The number of piperidine rings is 1. The molecule has 162 valence electrons. The number of benzene rings is 2. The molecule has 2 aromatic carbocycles. The van der Waals surface area contributed by atoms with E-state index in [2.05, 4.69) is 29.6 Å². The average molecular weight is 416 g/mol. The highest BCUT2D eigenvalue weighted by molar-refractivity contribution is 5.77. The Hall–Kier alpha value is -2.44. The van der Waals surface area contributed by atoms with Crippen molar-refractivity contribution < 1.29 is 23.7 Å². The van der Waals surface area contributed by atoms with Crippen molar-refractivity contribution in [2.45, 2.75) is 38.9 Å². The zero-order chi connectivity index (χ0) is 21.3. The number of hydrogen-bond acceptors (Lipinski definition) is 2. The molecule has 1 amide bonds. The molecule has 1 unspecified atom stereocenters. The van der Waals surface area contributed by atoms with Gasteiger partial charge in [0.2, 0.25) is 0 Å². The molecule has 3 rings (SSSR count). The smallest absolute Gasteiger partial charge is 0.275 e. The van der Waals surface area contributed by atoms with E-state index in [-0.39, 0.29) is 23.5 Å². The Morgan fingerprint density at radius 1 is 1.17 bits per heavy atom. The minimum Gasteiger partial charge on any atom is -0.494 e. The largest absolute Gasteiger partial charge is 0.494 e. The zero-order valence-corrected chi connectivity index (χ0v) is 18.0. The maximum atomic E-state index is 13.9. The molecule has 1 atom stereocenters. The highest BCUT2D eigenvalue weighted by Gasteiger charge is 2.24. The molecule has 0 aromatic heterocycles. The Balaban J connectivity index is 1.42. The quantitative estimate of drug-likeness (QED) is 0.562. The van der Waals surface area contributed by atoms with Gasteiger partial charge >= 0.3 is 0 Å². The van der Waals surface area contributed by atoms with Crippen LogP contribution in [0.15, 0.2) is 48.5 Å². The minimum absolute atomic E-state index is 0.0809. The van der Waals surface area contributed by atoms with Gasteiger partial charge in [-0.3, -0.25) is 4.79 Å². The summed E-state index contributed by atoms with van der Waals surface area (Å²) in [7, 11) is 1.46. The van der Waals surface area contributed by atoms with Gasteiger partial charge in [-0.1, -0.05) is 30.3 Å². The van der Waals surface area contributed by atoms with E-state index < -0.39 is 0 Å². The van der Waals surface area contributed by atoms with Crippen LogP contribution >= 0.6 is 0 Å². The van der Waals surface area contributed by atoms with Gasteiger partial charge in [-0.15, -0.1) is 0 Å². The second-order valence-electron chi connectivity index (χ2n) is 8.18. The van der Waals surface area contributed by atoms with Crippen LogP contribution in [0.2, 0.25) is 0 Å². The van der Waals surface area contributed by atoms with Gasteiger partial charge < -0.3 is 19.9 Å². The van der Waals surface area contributed by atoms with Crippen molar-refractivity contribution in [3.05, 3.63) is 65.5 Å². The van der Waals surface area contributed by atoms with E-state index in [0.29, 0.717) is 13.1 Å². The maximum Gasteiger partial charge on any atom is 0.275 e. The van der Waals surface area contributed by atoms with Gasteiger partial charge in [0.1, 0.15) is 13.1 Å². The van der Waals surface area contributed by atoms with E-state index in [1.165, 1.54) is 18.7 Å². The predicted octanol–water partition coefficient (Wildman–Crippen LogP) is 0.603. The van der Waals surface area contributed by atoms with Gasteiger partial charge in [0.25, 0.3) is 5.91 Å². The number of halogens is 1. The van der Waals surface area contributed by atoms with Crippen molar-refractivity contribution in [3.8, 4) is 5.75 Å². The Morgan fingerprint density at radius 2 is 1.90 bits per heavy atom. The Morgan fingerprint density at radius 3 is 2.53 bits per heavy atom. The zero-order valence-electron chi connectivity index (χ0n) is 18.0. The molecule has 0 bridgehead atoms. The number of amides is 1. The minimum atomic E-state index is -0.361. The second kappa shape index (κ2) is 11.1. The number of rotatable bonds is 9. The first kappa shape index (κ1) is 22.2. The number of likely N-dealkylation sites (N-methyl/N-ethyl adjacent to an activating group) is 1. The Labute approximate surface area is 178 Å². The molecule has 30 heavy (non-hydrogen) atoms. The van der Waals surface area contributed by atoms with E-state index >= 15 is 0 Å². The van der Waals surface area contributed by atoms with Gasteiger partial charge in [0.05, 0.1) is 26.7 Å². The fraction of sp³-hybridized carbons (Fsp3) is 0.458. The van der Waals surface area contributed by atoms with Crippen LogP contribution < -0.4 is 19.9 Å². The molecule has 0 aliphatic carbocycles. The van der Waals surface area contributed by atoms with E-state index in [0.717, 1.165) is 49.5 Å². The molecule has 0 radical (unpaired) electrons. The lowest BCUT2D eigenvalue weighted by molar-refractivity contribution is -0.918. The van der Waals surface area contributed by atoms with Crippen LogP contribution in [0.5, 0.6) is 5.75 Å². The van der Waals surface area contributed by atoms with Gasteiger partial charge in [-0.05, 0) is 25.1 Å². The van der Waals surface area contributed by atoms with E-state index in [1.807, 2.05) is 19.1 Å². The maximum absolute atomic E-state index is 13.9. The summed E-state index contributed by atoms with van der Waals surface area (Å²) in [5.41, 5.74) is 2.24. The predicted molar refractivity (Wildman–Crippen MR) is 115 cm³/mol. The summed E-state index contributed by atoms with van der Waals surface area (Å²) in [5.74, 6) is -0.0349. The molecule has 6 heteroatoms. The molecule has 5 nitrogen and oxygen atoms in total. The first-order chi connectivity index (χ1) is 14.6. The number of likely N-dealkylation sites (tertiary alicyclic amines) is 1. The average Bonchev–Trinajstić information content (AvgIpc) is 2.75. The summed E-state index contributed by atoms with van der Waals surface area (Å²) in [5, 5.41) is 3.22. The normalized spacial score (nSPS) is 19.8. The Kier molecular flexibility index (Phi) is 8.22. The van der Waals surface area contributed by atoms with E-state index in [9.17, 15) is 9.18 Å². The lowest BCUT2D eigenvalue weighted by atomic mass is 10.0. The molecule has 0 saturated carbocycles. The number of carbonyl (C=O) groups is 1. The number of carbonyl (C=O) groups excluding carboxylic acids is 1. The summed E-state index contributed by atoms with van der Waals surface area (Å²) in [6, 6.07) is 15.8. The number of quaternary nitrogens is 2. The molecular formula is C24H34FN3O2+2. The van der Waals surface area contributed by atoms with Gasteiger partial charge in [0.15, 0.2) is 18.1 Å². The molecule has 2 aromatic rings. The third-order valence-electron chi connectivity index (χ3n) is 5.94. The summed E-state index contributed by atoms with van der Waals surface area (Å²) < 4.78 is 18.9. The van der Waals surface area contributed by atoms with Crippen molar-refractivity contribution >= 4 is 5.91 Å². The summed E-state index contributed by atoms with van der Waals surface area (Å²) in [6.45, 7) is 7.08. The van der Waals surface area contributed by atoms with Crippen molar-refractivity contribution in [2.75, 3.05) is 33.3 Å². The third-order valence-corrected chi connectivity index (χ3v) is 5.94. The van der Waals surface area contributed by atoms with E-state index in [4.69, 9.17) is 4.74 Å². The van der Waals surface area contributed by atoms with Gasteiger partial charge in [-0.2, -0.15) is 0 Å². The summed E-state index contributed by atoms with van der Waals surface area (Å²) >= 11 is 0. The van der Waals surface area contributed by atoms with Crippen LogP contribution in [-0.2, 0) is 17.9 Å². The highest BCUT2D eigenvalue weighted by atomic mass is 19.1. The van der Waals surface area contributed by atoms with Crippen LogP contribution in [0.3, 0.4) is 0 Å². The molecular weight excluding hydrogens is 381 g/mol. The first-order valence-corrected chi connectivity index (χ1v) is 10.9. The van der Waals surface area contributed by atoms with Crippen LogP contribution in [0, 0.1) is 5.82 Å². The van der Waals surface area contributed by atoms with Gasteiger partial charge in [0, 0.05) is 30.0 Å². The molecule has 0 spiro atoms. The Bertz CT molecular complexity index is 807. The SMILES string of the molecule is CC[NH+](CC(=O)NC1CC[NH+](Cc2ccccc2)CC1)Cc1ccc(OC)c(F)c1. The standard InChI is InChI=1S/C24H32FN3O2/c1-3-27(17-20-9-10-23(30-2)22(25)15-20)18-24(29)26-21-11-13-28(14-12-21)16-19-7-5-4-6-8-19/h4-10,15,21H,3,11-14,16-18H2,1-2H3,(H,26,29)/p+2.